The lowest BCUT2D eigenvalue weighted by Crippen LogP contribution is -2.38. The SMILES string of the molecule is CCCC(NC(C)c1ccc(OCC)cc1)C(=O)O. The lowest BCUT2D eigenvalue weighted by Gasteiger charge is -2.20. The van der Waals surface area contributed by atoms with Crippen LogP contribution in [0.5, 0.6) is 5.75 Å². The molecule has 0 saturated carbocycles. The van der Waals surface area contributed by atoms with Crippen LogP contribution >= 0.6 is 0 Å². The van der Waals surface area contributed by atoms with Crippen molar-refractivity contribution in [2.45, 2.75) is 45.7 Å². The summed E-state index contributed by atoms with van der Waals surface area (Å²) in [5.41, 5.74) is 1.06. The van der Waals surface area contributed by atoms with E-state index in [9.17, 15) is 4.79 Å². The summed E-state index contributed by atoms with van der Waals surface area (Å²) in [5.74, 6) is 0.0430. The molecule has 2 N–H and O–H groups in total. The Balaban J connectivity index is 2.65. The van der Waals surface area contributed by atoms with Crippen molar-refractivity contribution in [1.29, 1.82) is 0 Å². The number of benzene rings is 1. The van der Waals surface area contributed by atoms with E-state index in [-0.39, 0.29) is 6.04 Å². The molecule has 1 aromatic carbocycles. The summed E-state index contributed by atoms with van der Waals surface area (Å²) in [6.45, 7) is 6.55. The Kier molecular flexibility index (Phi) is 6.36. The van der Waals surface area contributed by atoms with Gasteiger partial charge in [-0.05, 0) is 38.0 Å². The number of ether oxygens (including phenoxy) is 1. The number of rotatable bonds is 8. The van der Waals surface area contributed by atoms with Gasteiger partial charge in [0.2, 0.25) is 0 Å². The minimum Gasteiger partial charge on any atom is -0.494 e. The molecule has 2 atom stereocenters. The van der Waals surface area contributed by atoms with Gasteiger partial charge >= 0.3 is 5.97 Å². The molecule has 19 heavy (non-hydrogen) atoms. The average molecular weight is 265 g/mol. The molecular formula is C15H23NO3. The first kappa shape index (κ1) is 15.5. The Labute approximate surface area is 114 Å². The van der Waals surface area contributed by atoms with Crippen molar-refractivity contribution < 1.29 is 14.6 Å². The molecule has 0 aromatic heterocycles. The highest BCUT2D eigenvalue weighted by atomic mass is 16.5. The standard InChI is InChI=1S/C15H23NO3/c1-4-6-14(15(17)18)16-11(3)12-7-9-13(10-8-12)19-5-2/h7-11,14,16H,4-6H2,1-3H3,(H,17,18). The van der Waals surface area contributed by atoms with E-state index in [1.807, 2.05) is 45.0 Å². The van der Waals surface area contributed by atoms with Gasteiger partial charge in [0, 0.05) is 6.04 Å². The third-order valence-electron chi connectivity index (χ3n) is 3.02. The largest absolute Gasteiger partial charge is 0.494 e. The third-order valence-corrected chi connectivity index (χ3v) is 3.02. The van der Waals surface area contributed by atoms with Gasteiger partial charge in [-0.1, -0.05) is 25.5 Å². The second-order valence-corrected chi connectivity index (χ2v) is 4.57. The predicted octanol–water partition coefficient (Wildman–Crippen LogP) is 2.99. The summed E-state index contributed by atoms with van der Waals surface area (Å²) in [5, 5.41) is 12.3. The van der Waals surface area contributed by atoms with E-state index in [0.717, 1.165) is 17.7 Å². The molecule has 0 fully saturated rings. The second kappa shape index (κ2) is 7.79. The zero-order valence-electron chi connectivity index (χ0n) is 11.8. The van der Waals surface area contributed by atoms with Crippen molar-refractivity contribution in [2.24, 2.45) is 0 Å². The lowest BCUT2D eigenvalue weighted by molar-refractivity contribution is -0.139. The van der Waals surface area contributed by atoms with Crippen LogP contribution in [0.1, 0.15) is 45.2 Å². The molecular weight excluding hydrogens is 242 g/mol. The summed E-state index contributed by atoms with van der Waals surface area (Å²) in [4.78, 5) is 11.1. The molecule has 1 rings (SSSR count). The molecule has 4 heteroatoms. The molecule has 0 aliphatic heterocycles. The Hall–Kier alpha value is -1.55. The van der Waals surface area contributed by atoms with E-state index in [2.05, 4.69) is 5.32 Å². The van der Waals surface area contributed by atoms with Crippen LogP contribution in [-0.2, 0) is 4.79 Å². The third kappa shape index (κ3) is 4.91. The molecule has 4 nitrogen and oxygen atoms in total. The zero-order valence-corrected chi connectivity index (χ0v) is 11.8. The van der Waals surface area contributed by atoms with Crippen LogP contribution in [0.3, 0.4) is 0 Å². The van der Waals surface area contributed by atoms with Crippen LogP contribution < -0.4 is 10.1 Å². The predicted molar refractivity (Wildman–Crippen MR) is 75.5 cm³/mol. The number of carboxylic acid groups (broad SMARTS) is 1. The summed E-state index contributed by atoms with van der Waals surface area (Å²) < 4.78 is 5.38. The van der Waals surface area contributed by atoms with Crippen molar-refractivity contribution >= 4 is 5.97 Å². The van der Waals surface area contributed by atoms with Crippen LogP contribution in [-0.4, -0.2) is 23.7 Å². The van der Waals surface area contributed by atoms with Gasteiger partial charge in [-0.2, -0.15) is 0 Å². The maximum Gasteiger partial charge on any atom is 0.320 e. The molecule has 0 radical (unpaired) electrons. The monoisotopic (exact) mass is 265 g/mol. The highest BCUT2D eigenvalue weighted by Crippen LogP contribution is 2.18. The van der Waals surface area contributed by atoms with Gasteiger partial charge in [-0.15, -0.1) is 0 Å². The topological polar surface area (TPSA) is 58.6 Å². The number of aliphatic carboxylic acids is 1. The van der Waals surface area contributed by atoms with Crippen molar-refractivity contribution in [1.82, 2.24) is 5.32 Å². The molecule has 0 aliphatic rings. The van der Waals surface area contributed by atoms with Gasteiger partial charge < -0.3 is 9.84 Å². The molecule has 0 spiro atoms. The van der Waals surface area contributed by atoms with Crippen LogP contribution in [0.4, 0.5) is 0 Å². The van der Waals surface area contributed by atoms with Crippen LogP contribution in [0.2, 0.25) is 0 Å². The Morgan fingerprint density at radius 1 is 1.32 bits per heavy atom. The fourth-order valence-electron chi connectivity index (χ4n) is 1.98. The number of hydrogen-bond acceptors (Lipinski definition) is 3. The van der Waals surface area contributed by atoms with E-state index in [1.165, 1.54) is 0 Å². The molecule has 106 valence electrons. The minimum absolute atomic E-state index is 0.00308. The quantitative estimate of drug-likeness (QED) is 0.758. The fourth-order valence-corrected chi connectivity index (χ4v) is 1.98. The Morgan fingerprint density at radius 3 is 2.42 bits per heavy atom. The van der Waals surface area contributed by atoms with Crippen molar-refractivity contribution in [3.05, 3.63) is 29.8 Å². The van der Waals surface area contributed by atoms with Crippen molar-refractivity contribution in [3.8, 4) is 5.75 Å². The summed E-state index contributed by atoms with van der Waals surface area (Å²) in [6, 6.07) is 7.26. The Bertz CT molecular complexity index is 389. The van der Waals surface area contributed by atoms with Crippen molar-refractivity contribution in [3.63, 3.8) is 0 Å². The van der Waals surface area contributed by atoms with Gasteiger partial charge in [0.05, 0.1) is 6.61 Å². The van der Waals surface area contributed by atoms with E-state index >= 15 is 0 Å². The minimum atomic E-state index is -0.792. The molecule has 0 amide bonds. The molecule has 1 aromatic rings. The Morgan fingerprint density at radius 2 is 1.95 bits per heavy atom. The highest BCUT2D eigenvalue weighted by molar-refractivity contribution is 5.73. The molecule has 2 unspecified atom stereocenters. The molecule has 0 aliphatic carbocycles. The van der Waals surface area contributed by atoms with Crippen LogP contribution in [0.15, 0.2) is 24.3 Å². The van der Waals surface area contributed by atoms with Crippen LogP contribution in [0, 0.1) is 0 Å². The first-order valence-electron chi connectivity index (χ1n) is 6.80. The first-order chi connectivity index (χ1) is 9.08. The summed E-state index contributed by atoms with van der Waals surface area (Å²) in [7, 11) is 0. The molecule has 0 saturated heterocycles. The maximum atomic E-state index is 11.1. The fraction of sp³-hybridized carbons (Fsp3) is 0.533. The van der Waals surface area contributed by atoms with Gasteiger partial charge in [-0.3, -0.25) is 10.1 Å². The van der Waals surface area contributed by atoms with E-state index < -0.39 is 12.0 Å². The molecule has 0 heterocycles. The zero-order chi connectivity index (χ0) is 14.3. The summed E-state index contributed by atoms with van der Waals surface area (Å²) in [6.07, 6.45) is 1.48. The smallest absolute Gasteiger partial charge is 0.320 e. The number of nitrogens with one attached hydrogen (secondary N) is 1. The van der Waals surface area contributed by atoms with E-state index in [1.54, 1.807) is 0 Å². The van der Waals surface area contributed by atoms with E-state index in [0.29, 0.717) is 13.0 Å². The normalized spacial score (nSPS) is 13.8. The van der Waals surface area contributed by atoms with Gasteiger partial charge in [0.15, 0.2) is 0 Å². The second-order valence-electron chi connectivity index (χ2n) is 4.57. The lowest BCUT2D eigenvalue weighted by atomic mass is 10.1. The number of carbonyl (C=O) groups is 1. The van der Waals surface area contributed by atoms with Gasteiger partial charge in [0.25, 0.3) is 0 Å². The maximum absolute atomic E-state index is 11.1. The van der Waals surface area contributed by atoms with E-state index in [4.69, 9.17) is 9.84 Å². The van der Waals surface area contributed by atoms with Crippen molar-refractivity contribution in [2.75, 3.05) is 6.61 Å². The van der Waals surface area contributed by atoms with Gasteiger partial charge in [-0.25, -0.2) is 0 Å². The van der Waals surface area contributed by atoms with Crippen LogP contribution in [0.25, 0.3) is 0 Å². The highest BCUT2D eigenvalue weighted by Gasteiger charge is 2.19. The number of hydrogen-bond donors (Lipinski definition) is 2. The summed E-state index contributed by atoms with van der Waals surface area (Å²) >= 11 is 0. The molecule has 0 bridgehead atoms. The van der Waals surface area contributed by atoms with Gasteiger partial charge in [0.1, 0.15) is 11.8 Å². The average Bonchev–Trinajstić information content (AvgIpc) is 2.39. The number of carboxylic acids is 1. The first-order valence-corrected chi connectivity index (χ1v) is 6.80.